The summed E-state index contributed by atoms with van der Waals surface area (Å²) in [5, 5.41) is 5.90. The van der Waals surface area contributed by atoms with Crippen molar-refractivity contribution in [2.45, 2.75) is 33.4 Å². The summed E-state index contributed by atoms with van der Waals surface area (Å²) in [6, 6.07) is 9.06. The van der Waals surface area contributed by atoms with E-state index in [4.69, 9.17) is 0 Å². The highest BCUT2D eigenvalue weighted by Crippen LogP contribution is 2.30. The van der Waals surface area contributed by atoms with E-state index in [9.17, 15) is 18.0 Å². The van der Waals surface area contributed by atoms with Gasteiger partial charge in [0.15, 0.2) is 5.13 Å². The highest BCUT2D eigenvalue weighted by Gasteiger charge is 2.37. The minimum absolute atomic E-state index is 0.0880. The number of nitrogens with zero attached hydrogens (tertiary/aromatic N) is 6. The minimum atomic E-state index is -4.68. The lowest BCUT2D eigenvalue weighted by Gasteiger charge is -2.21. The molecule has 3 aromatic heterocycles. The molecule has 0 aliphatic rings. The number of hydrogen-bond acceptors (Lipinski definition) is 6. The zero-order valence-electron chi connectivity index (χ0n) is 16.8. The van der Waals surface area contributed by atoms with E-state index in [1.165, 1.54) is 16.2 Å². The van der Waals surface area contributed by atoms with Crippen LogP contribution in [0.3, 0.4) is 0 Å². The van der Waals surface area contributed by atoms with E-state index in [0.29, 0.717) is 27.8 Å². The Hall–Kier alpha value is -3.34. The molecule has 0 unspecified atom stereocenters. The molecule has 0 radical (unpaired) electrons. The molecule has 0 fully saturated rings. The molecule has 1 aromatic carbocycles. The third-order valence-corrected chi connectivity index (χ3v) is 5.64. The van der Waals surface area contributed by atoms with E-state index in [1.807, 2.05) is 30.5 Å². The Bertz CT molecular complexity index is 1270. The molecule has 0 atom stereocenters. The van der Waals surface area contributed by atoms with E-state index in [-0.39, 0.29) is 18.1 Å². The molecule has 160 valence electrons. The number of aromatic nitrogens is 5. The fourth-order valence-corrected chi connectivity index (χ4v) is 4.03. The minimum Gasteiger partial charge on any atom is -0.274 e. The standard InChI is InChI=1S/C20H17F3N6OS/c1-11-10-31-19(24-11)28(14-7-5-4-6-8-14)16(30)9-15-12(2)25-18-26-17(20(21,22)23)27-29(18)13(15)3/h4-8,10H,9H2,1-3H3. The molecular weight excluding hydrogens is 429 g/mol. The highest BCUT2D eigenvalue weighted by molar-refractivity contribution is 7.14. The molecule has 0 aliphatic heterocycles. The van der Waals surface area contributed by atoms with Crippen molar-refractivity contribution >= 4 is 33.8 Å². The monoisotopic (exact) mass is 446 g/mol. The first-order valence-corrected chi connectivity index (χ1v) is 10.1. The smallest absolute Gasteiger partial charge is 0.274 e. The second-order valence-electron chi connectivity index (χ2n) is 6.92. The topological polar surface area (TPSA) is 76.3 Å². The zero-order valence-corrected chi connectivity index (χ0v) is 17.6. The van der Waals surface area contributed by atoms with Gasteiger partial charge in [-0.05, 0) is 32.9 Å². The predicted molar refractivity (Wildman–Crippen MR) is 109 cm³/mol. The number of para-hydroxylation sites is 1. The van der Waals surface area contributed by atoms with Crippen LogP contribution in [0, 0.1) is 20.8 Å². The van der Waals surface area contributed by atoms with Crippen LogP contribution in [0.1, 0.15) is 28.5 Å². The number of carbonyl (C=O) groups is 1. The van der Waals surface area contributed by atoms with Crippen molar-refractivity contribution in [3.8, 4) is 0 Å². The van der Waals surface area contributed by atoms with Crippen LogP contribution in [0.15, 0.2) is 35.7 Å². The average molecular weight is 446 g/mol. The van der Waals surface area contributed by atoms with Gasteiger partial charge >= 0.3 is 6.18 Å². The number of fused-ring (bicyclic) bond motifs is 1. The van der Waals surface area contributed by atoms with Crippen LogP contribution in [-0.4, -0.2) is 30.5 Å². The number of alkyl halides is 3. The first-order chi connectivity index (χ1) is 14.6. The van der Waals surface area contributed by atoms with Gasteiger partial charge in [-0.1, -0.05) is 18.2 Å². The molecule has 4 rings (SSSR count). The van der Waals surface area contributed by atoms with Gasteiger partial charge in [0.1, 0.15) is 0 Å². The van der Waals surface area contributed by atoms with Crippen molar-refractivity contribution in [1.29, 1.82) is 0 Å². The van der Waals surface area contributed by atoms with E-state index in [1.54, 1.807) is 26.0 Å². The summed E-state index contributed by atoms with van der Waals surface area (Å²) < 4.78 is 40.1. The Balaban J connectivity index is 1.75. The van der Waals surface area contributed by atoms with Gasteiger partial charge in [-0.25, -0.2) is 14.5 Å². The number of carbonyl (C=O) groups excluding carboxylic acids is 1. The molecule has 0 saturated carbocycles. The lowest BCUT2D eigenvalue weighted by molar-refractivity contribution is -0.144. The molecule has 0 N–H and O–H groups in total. The number of aryl methyl sites for hydroxylation is 3. The molecule has 4 aromatic rings. The van der Waals surface area contributed by atoms with Crippen LogP contribution in [0.2, 0.25) is 0 Å². The molecular formula is C20H17F3N6OS. The van der Waals surface area contributed by atoms with Crippen molar-refractivity contribution in [2.75, 3.05) is 4.90 Å². The van der Waals surface area contributed by atoms with Crippen molar-refractivity contribution in [2.24, 2.45) is 0 Å². The fourth-order valence-electron chi connectivity index (χ4n) is 3.20. The molecule has 3 heterocycles. The quantitative estimate of drug-likeness (QED) is 0.464. The van der Waals surface area contributed by atoms with Gasteiger partial charge in [0.05, 0.1) is 17.8 Å². The van der Waals surface area contributed by atoms with Crippen molar-refractivity contribution in [3.63, 3.8) is 0 Å². The summed E-state index contributed by atoms with van der Waals surface area (Å²) in [5.41, 5.74) is 2.72. The first kappa shape index (κ1) is 20.9. The Kier molecular flexibility index (Phi) is 5.21. The molecule has 11 heteroatoms. The summed E-state index contributed by atoms with van der Waals surface area (Å²) in [5.74, 6) is -1.71. The van der Waals surface area contributed by atoms with Gasteiger partial charge in [0, 0.05) is 22.3 Å². The van der Waals surface area contributed by atoms with Gasteiger partial charge in [-0.15, -0.1) is 16.4 Å². The van der Waals surface area contributed by atoms with Gasteiger partial charge in [-0.2, -0.15) is 18.2 Å². The van der Waals surface area contributed by atoms with Crippen LogP contribution in [-0.2, 0) is 17.4 Å². The summed E-state index contributed by atoms with van der Waals surface area (Å²) in [6.07, 6.45) is -4.77. The maximum Gasteiger partial charge on any atom is 0.453 e. The summed E-state index contributed by atoms with van der Waals surface area (Å²) in [7, 11) is 0. The number of halogens is 3. The van der Waals surface area contributed by atoms with E-state index in [0.717, 1.165) is 10.2 Å². The molecule has 7 nitrogen and oxygen atoms in total. The Morgan fingerprint density at radius 2 is 1.81 bits per heavy atom. The molecule has 0 spiro atoms. The lowest BCUT2D eigenvalue weighted by atomic mass is 10.1. The van der Waals surface area contributed by atoms with Crippen molar-refractivity contribution < 1.29 is 18.0 Å². The number of amides is 1. The summed E-state index contributed by atoms with van der Waals surface area (Å²) in [4.78, 5) is 26.9. The fraction of sp³-hybridized carbons (Fsp3) is 0.250. The number of rotatable bonds is 4. The molecule has 0 aliphatic carbocycles. The number of thiazole rings is 1. The summed E-state index contributed by atoms with van der Waals surface area (Å²) >= 11 is 1.33. The molecule has 0 saturated heterocycles. The maximum absolute atomic E-state index is 13.4. The van der Waals surface area contributed by atoms with E-state index >= 15 is 0 Å². The molecule has 1 amide bonds. The second-order valence-corrected chi connectivity index (χ2v) is 7.76. The van der Waals surface area contributed by atoms with E-state index < -0.39 is 12.0 Å². The lowest BCUT2D eigenvalue weighted by Crippen LogP contribution is -2.28. The van der Waals surface area contributed by atoms with Crippen LogP contribution in [0.4, 0.5) is 24.0 Å². The number of hydrogen-bond donors (Lipinski definition) is 0. The average Bonchev–Trinajstić information content (AvgIpc) is 3.32. The number of anilines is 2. The largest absolute Gasteiger partial charge is 0.453 e. The van der Waals surface area contributed by atoms with Gasteiger partial charge in [-0.3, -0.25) is 9.69 Å². The van der Waals surface area contributed by atoms with Gasteiger partial charge in [0.2, 0.25) is 5.91 Å². The number of benzene rings is 1. The normalized spacial score (nSPS) is 11.8. The summed E-state index contributed by atoms with van der Waals surface area (Å²) in [6.45, 7) is 5.07. The van der Waals surface area contributed by atoms with Gasteiger partial charge in [0.25, 0.3) is 11.6 Å². The second kappa shape index (κ2) is 7.73. The van der Waals surface area contributed by atoms with Crippen LogP contribution in [0.5, 0.6) is 0 Å². The van der Waals surface area contributed by atoms with E-state index in [2.05, 4.69) is 20.1 Å². The van der Waals surface area contributed by atoms with Crippen LogP contribution < -0.4 is 4.90 Å². The predicted octanol–water partition coefficient (Wildman–Crippen LogP) is 4.43. The molecule has 0 bridgehead atoms. The third-order valence-electron chi connectivity index (χ3n) is 4.69. The Labute approximate surface area is 179 Å². The van der Waals surface area contributed by atoms with Crippen molar-refractivity contribution in [1.82, 2.24) is 24.6 Å². The van der Waals surface area contributed by atoms with Crippen LogP contribution >= 0.6 is 11.3 Å². The highest BCUT2D eigenvalue weighted by atomic mass is 32.1. The molecule has 31 heavy (non-hydrogen) atoms. The van der Waals surface area contributed by atoms with Crippen LogP contribution in [0.25, 0.3) is 5.78 Å². The van der Waals surface area contributed by atoms with Gasteiger partial charge < -0.3 is 0 Å². The SMILES string of the molecule is Cc1csc(N(C(=O)Cc2c(C)nc3nc(C(F)(F)F)nn3c2C)c2ccccc2)n1. The van der Waals surface area contributed by atoms with Crippen molar-refractivity contribution in [3.05, 3.63) is 64.2 Å². The zero-order chi connectivity index (χ0) is 22.3. The first-order valence-electron chi connectivity index (χ1n) is 9.25. The third kappa shape index (κ3) is 4.00. The maximum atomic E-state index is 13.4. The Morgan fingerprint density at radius 3 is 2.42 bits per heavy atom. The Morgan fingerprint density at radius 1 is 1.10 bits per heavy atom.